The molecular weight excluding hydrogens is 831 g/mol. The first-order chi connectivity index (χ1) is 31.6. The van der Waals surface area contributed by atoms with Gasteiger partial charge in [0.15, 0.2) is 0 Å². The molecule has 3 N–H and O–H groups in total. The molecule has 0 bridgehead atoms. The van der Waals surface area contributed by atoms with Gasteiger partial charge < -0.3 is 49.1 Å². The van der Waals surface area contributed by atoms with Crippen LogP contribution in [0.3, 0.4) is 0 Å². The molecule has 16 heteroatoms. The Hall–Kier alpha value is -6.78. The molecular formula is C49H53N7O9. The second kappa shape index (κ2) is 18.4. The Bertz CT molecular complexity index is 2670. The molecule has 0 unspecified atom stereocenters. The third-order valence-corrected chi connectivity index (χ3v) is 13.1. The van der Waals surface area contributed by atoms with E-state index in [1.54, 1.807) is 22.9 Å². The van der Waals surface area contributed by atoms with Gasteiger partial charge in [-0.2, -0.15) is 0 Å². The topological polar surface area (TPSA) is 186 Å². The number of alkyl carbamates (subject to hydrolysis) is 2. The van der Waals surface area contributed by atoms with Crippen LogP contribution < -0.4 is 15.4 Å². The Morgan fingerprint density at radius 2 is 1.71 bits per heavy atom. The Morgan fingerprint density at radius 1 is 0.908 bits per heavy atom. The van der Waals surface area contributed by atoms with Gasteiger partial charge in [0.2, 0.25) is 5.91 Å². The molecule has 6 atom stereocenters. The van der Waals surface area contributed by atoms with Crippen LogP contribution in [0.4, 0.5) is 15.3 Å². The summed E-state index contributed by atoms with van der Waals surface area (Å²) in [7, 11) is 4.04. The molecule has 65 heavy (non-hydrogen) atoms. The lowest BCUT2D eigenvalue weighted by Gasteiger charge is -2.30. The number of carbonyl (C=O) groups is 4. The lowest BCUT2D eigenvalue weighted by Crippen LogP contribution is -2.54. The number of fused-ring (bicyclic) bond motifs is 6. The molecule has 0 radical (unpaired) electrons. The van der Waals surface area contributed by atoms with E-state index in [4.69, 9.17) is 33.7 Å². The minimum absolute atomic E-state index is 0.183. The largest absolute Gasteiger partial charge is 0.488 e. The highest BCUT2D eigenvalue weighted by Crippen LogP contribution is 2.45. The minimum atomic E-state index is -0.945. The summed E-state index contributed by atoms with van der Waals surface area (Å²) in [6.45, 7) is 5.46. The van der Waals surface area contributed by atoms with Crippen molar-refractivity contribution in [3.05, 3.63) is 102 Å². The molecule has 9 rings (SSSR count). The van der Waals surface area contributed by atoms with E-state index in [2.05, 4.69) is 52.0 Å². The lowest BCUT2D eigenvalue weighted by molar-refractivity contribution is -0.137. The van der Waals surface area contributed by atoms with Crippen molar-refractivity contribution in [3.8, 4) is 28.1 Å². The third-order valence-electron chi connectivity index (χ3n) is 13.1. The highest BCUT2D eigenvalue weighted by Gasteiger charge is 2.43. The van der Waals surface area contributed by atoms with Crippen LogP contribution in [0.15, 0.2) is 84.0 Å². The van der Waals surface area contributed by atoms with Gasteiger partial charge in [0.1, 0.15) is 30.3 Å². The monoisotopic (exact) mass is 883 g/mol. The number of imidazole rings is 1. The minimum Gasteiger partial charge on any atom is -0.488 e. The molecule has 0 aliphatic carbocycles. The quantitative estimate of drug-likeness (QED) is 0.119. The van der Waals surface area contributed by atoms with Gasteiger partial charge in [0.25, 0.3) is 5.91 Å². The summed E-state index contributed by atoms with van der Waals surface area (Å²) in [6, 6.07) is 21.4. The van der Waals surface area contributed by atoms with E-state index in [1.165, 1.54) is 21.3 Å². The van der Waals surface area contributed by atoms with Crippen molar-refractivity contribution in [1.29, 1.82) is 0 Å². The van der Waals surface area contributed by atoms with Crippen LogP contribution in [-0.4, -0.2) is 115 Å². The number of H-pyrrole nitrogens is 1. The van der Waals surface area contributed by atoms with Crippen LogP contribution in [0.5, 0.6) is 5.75 Å². The number of carbonyl (C=O) groups excluding carboxylic acids is 4. The Balaban J connectivity index is 0.942. The summed E-state index contributed by atoms with van der Waals surface area (Å²) in [4.78, 5) is 69.7. The van der Waals surface area contributed by atoms with Crippen molar-refractivity contribution < 1.29 is 42.9 Å². The number of hydrogen-bond acceptors (Lipinski definition) is 11. The SMILES string of the molecule is CCO[C@H]1C[C@@H](C2=Nc3ccc4cc5c(cc4c3C2)OCc2cc(-c3cnc([C@@H]4CCCN4C(=O)[C@@H](NC(=O)OC)[C@@H](C)OC)[nH]3)ccc2-5)N(C(=O)[C@H](NC(=O)OC)c2ccccc2)C1. The van der Waals surface area contributed by atoms with E-state index in [-0.39, 0.29) is 30.0 Å². The molecule has 0 spiro atoms. The lowest BCUT2D eigenvalue weighted by atomic mass is 9.90. The molecule has 16 nitrogen and oxygen atoms in total. The average Bonchev–Trinajstić information content (AvgIpc) is 4.18. The summed E-state index contributed by atoms with van der Waals surface area (Å²) in [5.74, 6) is 0.948. The summed E-state index contributed by atoms with van der Waals surface area (Å²) in [5, 5.41) is 7.48. The van der Waals surface area contributed by atoms with Gasteiger partial charge >= 0.3 is 12.2 Å². The number of nitrogens with one attached hydrogen (secondary N) is 3. The van der Waals surface area contributed by atoms with E-state index < -0.39 is 30.4 Å². The molecule has 1 aromatic heterocycles. The van der Waals surface area contributed by atoms with Gasteiger partial charge in [0, 0.05) is 50.9 Å². The Labute approximate surface area is 376 Å². The highest BCUT2D eigenvalue weighted by molar-refractivity contribution is 6.07. The van der Waals surface area contributed by atoms with Crippen LogP contribution in [0.25, 0.3) is 33.2 Å². The fourth-order valence-corrected chi connectivity index (χ4v) is 9.73. The van der Waals surface area contributed by atoms with Crippen LogP contribution in [0, 0.1) is 0 Å². The highest BCUT2D eigenvalue weighted by atomic mass is 16.5. The van der Waals surface area contributed by atoms with Gasteiger partial charge in [-0.25, -0.2) is 14.6 Å². The van der Waals surface area contributed by atoms with Gasteiger partial charge in [-0.1, -0.05) is 48.5 Å². The van der Waals surface area contributed by atoms with Crippen molar-refractivity contribution >= 4 is 46.2 Å². The van der Waals surface area contributed by atoms with Gasteiger partial charge in [-0.3, -0.25) is 14.6 Å². The van der Waals surface area contributed by atoms with Crippen LogP contribution >= 0.6 is 0 Å². The molecule has 4 aliphatic heterocycles. The van der Waals surface area contributed by atoms with Gasteiger partial charge in [-0.15, -0.1) is 0 Å². The van der Waals surface area contributed by atoms with E-state index in [0.717, 1.165) is 74.3 Å². The normalized spacial score (nSPS) is 19.9. The van der Waals surface area contributed by atoms with Crippen LogP contribution in [0.1, 0.15) is 67.7 Å². The first kappa shape index (κ1) is 43.5. The number of likely N-dealkylation sites (tertiary alicyclic amines) is 2. The number of aromatic nitrogens is 2. The second-order valence-corrected chi connectivity index (χ2v) is 16.8. The number of aromatic amines is 1. The van der Waals surface area contributed by atoms with Crippen molar-refractivity contribution in [3.63, 3.8) is 0 Å². The van der Waals surface area contributed by atoms with Crippen molar-refractivity contribution in [2.24, 2.45) is 4.99 Å². The maximum Gasteiger partial charge on any atom is 0.407 e. The molecule has 2 saturated heterocycles. The fourth-order valence-electron chi connectivity index (χ4n) is 9.73. The third kappa shape index (κ3) is 8.39. The number of ether oxygens (including phenoxy) is 5. The Kier molecular flexibility index (Phi) is 12.3. The number of hydrogen-bond donors (Lipinski definition) is 3. The van der Waals surface area contributed by atoms with Crippen molar-refractivity contribution in [2.45, 2.75) is 82.5 Å². The molecule has 2 fully saturated rings. The molecule has 0 saturated carbocycles. The van der Waals surface area contributed by atoms with Gasteiger partial charge in [-0.05, 0) is 89.5 Å². The van der Waals surface area contributed by atoms with E-state index in [0.29, 0.717) is 50.5 Å². The summed E-state index contributed by atoms with van der Waals surface area (Å²) in [5.41, 5.74) is 8.32. The maximum absolute atomic E-state index is 14.4. The predicted octanol–water partition coefficient (Wildman–Crippen LogP) is 6.94. The zero-order chi connectivity index (χ0) is 45.4. The van der Waals surface area contributed by atoms with Crippen molar-refractivity contribution in [2.75, 3.05) is 41.0 Å². The summed E-state index contributed by atoms with van der Waals surface area (Å²) in [6.07, 6.45) is 2.31. The van der Waals surface area contributed by atoms with E-state index >= 15 is 0 Å². The maximum atomic E-state index is 14.4. The van der Waals surface area contributed by atoms with Crippen LogP contribution in [-0.2, 0) is 41.6 Å². The number of methoxy groups -OCH3 is 3. The molecule has 4 amide bonds. The van der Waals surface area contributed by atoms with Crippen LogP contribution in [0.2, 0.25) is 0 Å². The van der Waals surface area contributed by atoms with E-state index in [9.17, 15) is 19.2 Å². The van der Waals surface area contributed by atoms with Crippen molar-refractivity contribution in [1.82, 2.24) is 30.4 Å². The summed E-state index contributed by atoms with van der Waals surface area (Å²) >= 11 is 0. The molecule has 338 valence electrons. The average molecular weight is 884 g/mol. The number of benzene rings is 4. The number of amides is 4. The molecule has 4 aromatic carbocycles. The zero-order valence-corrected chi connectivity index (χ0v) is 37.1. The van der Waals surface area contributed by atoms with Gasteiger partial charge in [0.05, 0.1) is 56.1 Å². The zero-order valence-electron chi connectivity index (χ0n) is 37.1. The number of aliphatic imine (C=N–C) groups is 1. The first-order valence-electron chi connectivity index (χ1n) is 22.1. The predicted molar refractivity (Wildman–Crippen MR) is 242 cm³/mol. The summed E-state index contributed by atoms with van der Waals surface area (Å²) < 4.78 is 27.7. The smallest absolute Gasteiger partial charge is 0.407 e. The second-order valence-electron chi connectivity index (χ2n) is 16.8. The molecule has 5 heterocycles. The van der Waals surface area contributed by atoms with E-state index in [1.807, 2.05) is 43.3 Å². The number of rotatable bonds is 12. The Morgan fingerprint density at radius 3 is 2.48 bits per heavy atom. The molecule has 4 aliphatic rings. The number of nitrogens with zero attached hydrogens (tertiary/aromatic N) is 4. The fraction of sp³-hybridized carbons (Fsp3) is 0.388. The standard InChI is InChI=1S/C49H53N7O9/c1-6-64-32-21-41(56(25-32)47(58)44(54-49(60)63-5)28-11-8-7-9-12-28)38-22-35-34-23-42-36(20-29(34)15-17-37(35)51-38)33-16-14-30(19-31(33)26-65-42)39-24-50-45(52-39)40-13-10-18-55(40)46(57)43(27(2)61-3)53-48(59)62-4/h7-9,11-12,14-17,19-20,23-24,27,32,40-41,43-44H,6,10,13,18,21-22,25-26H2,1-5H3,(H,50,52)(H,53,59)(H,54,60)/t27-,32+,40+,41+,43+,44-/m1/s1. The molecule has 5 aromatic rings. The first-order valence-corrected chi connectivity index (χ1v) is 22.1.